The van der Waals surface area contributed by atoms with Gasteiger partial charge in [-0.3, -0.25) is 0 Å². The Morgan fingerprint density at radius 3 is 0.429 bits per heavy atom. The molecule has 14 heavy (non-hydrogen) atoms. The van der Waals surface area contributed by atoms with Gasteiger partial charge in [-0.05, 0) is 0 Å². The number of rotatable bonds is 0. The molecule has 0 amide bonds. The number of hydrogen-bond acceptors (Lipinski definition) is 8. The molecule has 0 aromatic rings. The fourth-order valence-corrected chi connectivity index (χ4v) is 0. The van der Waals surface area contributed by atoms with Gasteiger partial charge in [0.1, 0.15) is 0 Å². The second kappa shape index (κ2) is 14.6. The van der Waals surface area contributed by atoms with Crippen LogP contribution in [0.3, 0.4) is 0 Å². The molecule has 0 aromatic heterocycles. The van der Waals surface area contributed by atoms with Crippen LogP contribution in [0.15, 0.2) is 0 Å². The van der Waals surface area contributed by atoms with Crippen molar-refractivity contribution < 1.29 is 74.2 Å². The van der Waals surface area contributed by atoms with Crippen molar-refractivity contribution in [2.45, 2.75) is 0 Å². The van der Waals surface area contributed by atoms with Crippen LogP contribution >= 0.6 is 0 Å². The van der Waals surface area contributed by atoms with E-state index >= 15 is 0 Å². The summed E-state index contributed by atoms with van der Waals surface area (Å²) in [5, 5.41) is 0. The molecule has 0 atom stereocenters. The molecule has 0 heterocycles. The van der Waals surface area contributed by atoms with Gasteiger partial charge < -0.3 is 16.4 Å². The second-order valence-electron chi connectivity index (χ2n) is 0.756. The molecule has 11 nitrogen and oxygen atoms in total. The second-order valence-corrected chi connectivity index (χ2v) is 2.27. The summed E-state index contributed by atoms with van der Waals surface area (Å²) in [6, 6.07) is 0. The van der Waals surface area contributed by atoms with Crippen LogP contribution in [0.2, 0.25) is 0 Å². The third-order valence-corrected chi connectivity index (χ3v) is 0. The van der Waals surface area contributed by atoms with E-state index in [1.807, 2.05) is 0 Å². The van der Waals surface area contributed by atoms with E-state index in [1.165, 1.54) is 0 Å². The summed E-state index contributed by atoms with van der Waals surface area (Å²) < 4.78 is 67.9. The molecule has 0 fully saturated rings. The van der Waals surface area contributed by atoms with Crippen molar-refractivity contribution in [3.63, 3.8) is 0 Å². The van der Waals surface area contributed by atoms with Gasteiger partial charge in [-0.15, -0.1) is 20.5 Å². The molecular formula is H6Cl2O11Sr. The molecule has 0 spiro atoms. The summed E-state index contributed by atoms with van der Waals surface area (Å²) in [5.74, 6) is 0. The Labute approximate surface area is 118 Å². The predicted octanol–water partition coefficient (Wildman–Crippen LogP) is -12.4. The van der Waals surface area contributed by atoms with Gasteiger partial charge in [-0.2, -0.15) is 0 Å². The molecule has 0 radical (unpaired) electrons. The molecule has 0 rings (SSSR count). The van der Waals surface area contributed by atoms with Crippen molar-refractivity contribution in [2.75, 3.05) is 0 Å². The quantitative estimate of drug-likeness (QED) is 0.380. The van der Waals surface area contributed by atoms with Crippen molar-refractivity contribution in [2.24, 2.45) is 0 Å². The zero-order valence-corrected chi connectivity index (χ0v) is 11.2. The summed E-state index contributed by atoms with van der Waals surface area (Å²) >= 11 is 0. The van der Waals surface area contributed by atoms with E-state index in [1.54, 1.807) is 0 Å². The molecule has 0 unspecified atom stereocenters. The average molecular weight is 341 g/mol. The Morgan fingerprint density at radius 2 is 0.429 bits per heavy atom. The van der Waals surface area contributed by atoms with Crippen LogP contribution in [0.5, 0.6) is 0 Å². The zero-order valence-electron chi connectivity index (χ0n) is 6.23. The molecule has 88 valence electrons. The summed E-state index contributed by atoms with van der Waals surface area (Å²) in [4.78, 5) is 0. The Bertz CT molecular complexity index is 56.3. The normalized spacial score (nSPS) is 8.57. The zero-order chi connectivity index (χ0) is 9.00. The molecule has 0 aliphatic rings. The first-order valence-electron chi connectivity index (χ1n) is 1.23. The Hall–Kier alpha value is 1.62. The van der Waals surface area contributed by atoms with Gasteiger partial charge in [0.25, 0.3) is 0 Å². The fourth-order valence-electron chi connectivity index (χ4n) is 0. The van der Waals surface area contributed by atoms with Gasteiger partial charge in [0, 0.05) is 0 Å². The van der Waals surface area contributed by atoms with Crippen molar-refractivity contribution in [1.82, 2.24) is 0 Å². The average Bonchev–Trinajstić information content (AvgIpc) is 1.12. The molecule has 6 N–H and O–H groups in total. The van der Waals surface area contributed by atoms with Gasteiger partial charge in [0.2, 0.25) is 0 Å². The van der Waals surface area contributed by atoms with Crippen LogP contribution < -0.4 is 37.3 Å². The summed E-state index contributed by atoms with van der Waals surface area (Å²) in [7, 11) is -9.89. The van der Waals surface area contributed by atoms with E-state index in [9.17, 15) is 0 Å². The summed E-state index contributed by atoms with van der Waals surface area (Å²) in [6.45, 7) is 0. The van der Waals surface area contributed by atoms with Gasteiger partial charge in [0.15, 0.2) is 0 Å². The maximum atomic E-state index is 8.49. The molecule has 0 aliphatic heterocycles. The molecule has 0 saturated carbocycles. The van der Waals surface area contributed by atoms with Crippen LogP contribution in [-0.4, -0.2) is 61.9 Å². The molecule has 0 saturated heterocycles. The van der Waals surface area contributed by atoms with E-state index in [0.29, 0.717) is 0 Å². The Balaban J connectivity index is -0.0000000178. The minimum absolute atomic E-state index is 0. The first-order valence-corrected chi connectivity index (χ1v) is 3.70. The predicted molar refractivity (Wildman–Crippen MR) is 16.6 cm³/mol. The molecular weight excluding hydrogens is 335 g/mol. The van der Waals surface area contributed by atoms with E-state index in [0.717, 1.165) is 0 Å². The molecule has 14 heteroatoms. The SMILES string of the molecule is O.O.O.[O-][Cl+3]([O-])([O-])[O-].[O-][Cl+3]([O-])([O-])[O-].[Sr+2]. The van der Waals surface area contributed by atoms with Crippen molar-refractivity contribution in [3.05, 3.63) is 0 Å². The summed E-state index contributed by atoms with van der Waals surface area (Å²) in [5.41, 5.74) is 0. The largest absolute Gasteiger partial charge is 2.00 e. The maximum Gasteiger partial charge on any atom is 2.00 e. The fraction of sp³-hybridized carbons (Fsp3) is 0. The van der Waals surface area contributed by atoms with Gasteiger partial charge in [-0.25, -0.2) is 37.3 Å². The third kappa shape index (κ3) is 826. The van der Waals surface area contributed by atoms with E-state index in [-0.39, 0.29) is 61.9 Å². The Morgan fingerprint density at radius 1 is 0.429 bits per heavy atom. The third-order valence-electron chi connectivity index (χ3n) is 0. The van der Waals surface area contributed by atoms with E-state index < -0.39 is 20.5 Å². The van der Waals surface area contributed by atoms with Crippen molar-refractivity contribution >= 4 is 45.5 Å². The van der Waals surface area contributed by atoms with Crippen molar-refractivity contribution in [3.8, 4) is 0 Å². The topological polar surface area (TPSA) is 279 Å². The van der Waals surface area contributed by atoms with Crippen LogP contribution in [0, 0.1) is 20.5 Å². The Kier molecular flexibility index (Phi) is 37.7. The van der Waals surface area contributed by atoms with Gasteiger partial charge >= 0.3 is 45.5 Å². The molecule has 0 bridgehead atoms. The number of hydrogen-bond donors (Lipinski definition) is 0. The first-order chi connectivity index (χ1) is 4.00. The van der Waals surface area contributed by atoms with E-state index in [4.69, 9.17) is 37.3 Å². The van der Waals surface area contributed by atoms with Crippen molar-refractivity contribution in [1.29, 1.82) is 0 Å². The van der Waals surface area contributed by atoms with Crippen LogP contribution in [0.4, 0.5) is 0 Å². The minimum Gasteiger partial charge on any atom is -0.412 e. The minimum atomic E-state index is -4.94. The monoisotopic (exact) mass is 340 g/mol. The van der Waals surface area contributed by atoms with Crippen LogP contribution in [0.25, 0.3) is 0 Å². The van der Waals surface area contributed by atoms with Crippen LogP contribution in [-0.2, 0) is 0 Å². The molecule has 0 aliphatic carbocycles. The first kappa shape index (κ1) is 36.1. The summed E-state index contributed by atoms with van der Waals surface area (Å²) in [6.07, 6.45) is 0. The maximum absolute atomic E-state index is 8.49. The van der Waals surface area contributed by atoms with Gasteiger partial charge in [-0.1, -0.05) is 0 Å². The number of halogens is 2. The van der Waals surface area contributed by atoms with Crippen LogP contribution in [0.1, 0.15) is 0 Å². The van der Waals surface area contributed by atoms with E-state index in [2.05, 4.69) is 0 Å². The van der Waals surface area contributed by atoms with Gasteiger partial charge in [0.05, 0.1) is 0 Å². The molecule has 0 aromatic carbocycles. The smallest absolute Gasteiger partial charge is 0.412 e. The standard InChI is InChI=1S/2ClHO4.3H2O.Sr/c2*2-1(3,4)5;;;;/h2*(H,2,3,4,5);3*1H2;/q;;;;;+2/p-2.